The minimum Gasteiger partial charge on any atom is -0.366 e. The van der Waals surface area contributed by atoms with Crippen LogP contribution in [0.3, 0.4) is 0 Å². The fraction of sp³-hybridized carbons (Fsp3) is 0.429. The molecular formula is C21H23N. The number of benzene rings is 2. The highest BCUT2D eigenvalue weighted by Crippen LogP contribution is 2.50. The van der Waals surface area contributed by atoms with Crippen molar-refractivity contribution in [2.75, 3.05) is 4.90 Å². The first-order valence-electron chi connectivity index (χ1n) is 8.80. The van der Waals surface area contributed by atoms with Gasteiger partial charge < -0.3 is 4.90 Å². The Kier molecular flexibility index (Phi) is 2.82. The third-order valence-corrected chi connectivity index (χ3v) is 6.13. The van der Waals surface area contributed by atoms with Gasteiger partial charge in [-0.25, -0.2) is 0 Å². The zero-order valence-corrected chi connectivity index (χ0v) is 13.0. The first kappa shape index (κ1) is 12.8. The monoisotopic (exact) mass is 289 g/mol. The number of piperidine rings is 2. The van der Waals surface area contributed by atoms with Gasteiger partial charge in [0.1, 0.15) is 0 Å². The summed E-state index contributed by atoms with van der Waals surface area (Å²) in [5, 5.41) is 0. The first-order valence-corrected chi connectivity index (χ1v) is 8.80. The molecule has 0 N–H and O–H groups in total. The molecule has 4 bridgehead atoms. The first-order chi connectivity index (χ1) is 10.9. The summed E-state index contributed by atoms with van der Waals surface area (Å²) < 4.78 is 0. The summed E-state index contributed by atoms with van der Waals surface area (Å²) in [4.78, 5) is 2.78. The highest BCUT2D eigenvalue weighted by molar-refractivity contribution is 5.69. The van der Waals surface area contributed by atoms with E-state index in [2.05, 4.69) is 59.5 Å². The zero-order valence-electron chi connectivity index (χ0n) is 13.0. The van der Waals surface area contributed by atoms with E-state index in [1.165, 1.54) is 48.9 Å². The van der Waals surface area contributed by atoms with Gasteiger partial charge in [0.15, 0.2) is 0 Å². The predicted molar refractivity (Wildman–Crippen MR) is 92.0 cm³/mol. The topological polar surface area (TPSA) is 3.24 Å². The molecule has 1 nitrogen and oxygen atoms in total. The van der Waals surface area contributed by atoms with Gasteiger partial charge in [0.25, 0.3) is 0 Å². The number of anilines is 1. The summed E-state index contributed by atoms with van der Waals surface area (Å²) in [6.45, 7) is 0. The van der Waals surface area contributed by atoms with Crippen molar-refractivity contribution in [3.05, 3.63) is 54.6 Å². The van der Waals surface area contributed by atoms with Crippen LogP contribution in [0.5, 0.6) is 0 Å². The van der Waals surface area contributed by atoms with Crippen molar-refractivity contribution in [3.8, 4) is 11.1 Å². The van der Waals surface area contributed by atoms with Crippen molar-refractivity contribution in [1.82, 2.24) is 0 Å². The molecule has 0 aromatic heterocycles. The second-order valence-electron chi connectivity index (χ2n) is 7.54. The van der Waals surface area contributed by atoms with Crippen LogP contribution >= 0.6 is 0 Å². The summed E-state index contributed by atoms with van der Waals surface area (Å²) in [6.07, 6.45) is 7.25. The van der Waals surface area contributed by atoms with Crippen LogP contribution in [0.1, 0.15) is 32.1 Å². The molecule has 4 fully saturated rings. The summed E-state index contributed by atoms with van der Waals surface area (Å²) >= 11 is 0. The predicted octanol–water partition coefficient (Wildman–Crippen LogP) is 5.12. The van der Waals surface area contributed by atoms with E-state index in [4.69, 9.17) is 0 Å². The Balaban J connectivity index is 1.51. The number of nitrogens with zero attached hydrogens (tertiary/aromatic N) is 1. The summed E-state index contributed by atoms with van der Waals surface area (Å²) in [5.41, 5.74) is 4.14. The summed E-state index contributed by atoms with van der Waals surface area (Å²) in [7, 11) is 0. The van der Waals surface area contributed by atoms with E-state index in [9.17, 15) is 0 Å². The molecule has 112 valence electrons. The molecule has 22 heavy (non-hydrogen) atoms. The van der Waals surface area contributed by atoms with Crippen molar-refractivity contribution in [2.24, 2.45) is 11.8 Å². The Hall–Kier alpha value is -1.76. The standard InChI is InChI=1S/C21H23N/c1-2-5-17(6-3-1)18-7-4-8-19(14-18)22-20-10-15-9-16(12-20)13-21(22)11-15/h1-8,14-16,20-21H,9-13H2. The molecule has 2 aliphatic carbocycles. The van der Waals surface area contributed by atoms with Gasteiger partial charge in [-0.1, -0.05) is 42.5 Å². The molecule has 6 rings (SSSR count). The van der Waals surface area contributed by atoms with Gasteiger partial charge in [0, 0.05) is 17.8 Å². The number of rotatable bonds is 2. The second-order valence-corrected chi connectivity index (χ2v) is 7.54. The Morgan fingerprint density at radius 1 is 0.636 bits per heavy atom. The average molecular weight is 289 g/mol. The molecule has 2 aliphatic heterocycles. The van der Waals surface area contributed by atoms with Crippen LogP contribution in [0.15, 0.2) is 54.6 Å². The van der Waals surface area contributed by atoms with Gasteiger partial charge >= 0.3 is 0 Å². The van der Waals surface area contributed by atoms with Gasteiger partial charge in [-0.05, 0) is 67.2 Å². The van der Waals surface area contributed by atoms with Crippen molar-refractivity contribution < 1.29 is 0 Å². The van der Waals surface area contributed by atoms with Gasteiger partial charge in [0.2, 0.25) is 0 Å². The smallest absolute Gasteiger partial charge is 0.0377 e. The lowest BCUT2D eigenvalue weighted by Gasteiger charge is -2.57. The maximum atomic E-state index is 2.78. The SMILES string of the molecule is c1ccc(-c2cccc(N3C4CC5CC(C4)CC3C5)c2)cc1. The molecule has 0 amide bonds. The molecule has 0 atom stereocenters. The molecule has 4 aliphatic rings. The molecule has 2 saturated carbocycles. The van der Waals surface area contributed by atoms with Gasteiger partial charge in [-0.2, -0.15) is 0 Å². The van der Waals surface area contributed by atoms with Crippen LogP contribution in [0, 0.1) is 11.8 Å². The van der Waals surface area contributed by atoms with E-state index in [-0.39, 0.29) is 0 Å². The van der Waals surface area contributed by atoms with Crippen molar-refractivity contribution in [3.63, 3.8) is 0 Å². The third-order valence-electron chi connectivity index (χ3n) is 6.13. The molecule has 0 spiro atoms. The number of hydrogen-bond donors (Lipinski definition) is 0. The molecular weight excluding hydrogens is 266 g/mol. The van der Waals surface area contributed by atoms with Crippen molar-refractivity contribution in [1.29, 1.82) is 0 Å². The quantitative estimate of drug-likeness (QED) is 0.741. The van der Waals surface area contributed by atoms with E-state index in [1.807, 2.05) is 0 Å². The van der Waals surface area contributed by atoms with Crippen LogP contribution in [0.4, 0.5) is 5.69 Å². The van der Waals surface area contributed by atoms with E-state index in [1.54, 1.807) is 0 Å². The number of hydrogen-bond acceptors (Lipinski definition) is 1. The zero-order chi connectivity index (χ0) is 14.5. The molecule has 2 saturated heterocycles. The van der Waals surface area contributed by atoms with Crippen LogP contribution in [-0.4, -0.2) is 12.1 Å². The van der Waals surface area contributed by atoms with Crippen LogP contribution in [-0.2, 0) is 0 Å². The molecule has 2 aromatic rings. The molecule has 2 aromatic carbocycles. The van der Waals surface area contributed by atoms with E-state index < -0.39 is 0 Å². The van der Waals surface area contributed by atoms with Crippen LogP contribution < -0.4 is 4.90 Å². The summed E-state index contributed by atoms with van der Waals surface area (Å²) in [6, 6.07) is 21.6. The largest absolute Gasteiger partial charge is 0.366 e. The van der Waals surface area contributed by atoms with Crippen LogP contribution in [0.25, 0.3) is 11.1 Å². The molecule has 0 radical (unpaired) electrons. The lowest BCUT2D eigenvalue weighted by molar-refractivity contribution is 0.0900. The minimum absolute atomic E-state index is 0.808. The maximum Gasteiger partial charge on any atom is 0.0377 e. The van der Waals surface area contributed by atoms with Crippen molar-refractivity contribution >= 4 is 5.69 Å². The second kappa shape index (κ2) is 4.87. The van der Waals surface area contributed by atoms with Crippen molar-refractivity contribution in [2.45, 2.75) is 44.2 Å². The normalized spacial score (nSPS) is 32.5. The molecule has 0 unspecified atom stereocenters. The fourth-order valence-corrected chi connectivity index (χ4v) is 5.43. The van der Waals surface area contributed by atoms with Gasteiger partial charge in [-0.15, -0.1) is 0 Å². The Morgan fingerprint density at radius 2 is 1.27 bits per heavy atom. The Bertz CT molecular complexity index is 647. The van der Waals surface area contributed by atoms with Gasteiger partial charge in [0.05, 0.1) is 0 Å². The maximum absolute atomic E-state index is 2.78. The van der Waals surface area contributed by atoms with E-state index in [0.29, 0.717) is 0 Å². The van der Waals surface area contributed by atoms with Crippen LogP contribution in [0.2, 0.25) is 0 Å². The Morgan fingerprint density at radius 3 is 1.95 bits per heavy atom. The highest BCUT2D eigenvalue weighted by Gasteiger charge is 2.46. The van der Waals surface area contributed by atoms with E-state index >= 15 is 0 Å². The Labute approximate surface area is 133 Å². The van der Waals surface area contributed by atoms with E-state index in [0.717, 1.165) is 23.9 Å². The highest BCUT2D eigenvalue weighted by atomic mass is 15.2. The lowest BCUT2D eigenvalue weighted by atomic mass is 9.63. The molecule has 2 heterocycles. The summed E-state index contributed by atoms with van der Waals surface area (Å²) in [5.74, 6) is 2.05. The fourth-order valence-electron chi connectivity index (χ4n) is 5.43. The van der Waals surface area contributed by atoms with Gasteiger partial charge in [-0.3, -0.25) is 0 Å². The average Bonchev–Trinajstić information content (AvgIpc) is 2.55. The lowest BCUT2D eigenvalue weighted by Crippen LogP contribution is -2.58. The minimum atomic E-state index is 0.808. The third kappa shape index (κ3) is 1.99. The molecule has 1 heteroatoms.